The van der Waals surface area contributed by atoms with Gasteiger partial charge in [0.15, 0.2) is 11.9 Å². The molecule has 0 aromatic rings. The second-order valence-electron chi connectivity index (χ2n) is 2.30. The van der Waals surface area contributed by atoms with Crippen molar-refractivity contribution in [3.63, 3.8) is 0 Å². The molecule has 0 aromatic heterocycles. The zero-order valence-electron chi connectivity index (χ0n) is 6.66. The molecule has 11 heavy (non-hydrogen) atoms. The third-order valence-corrected chi connectivity index (χ3v) is 1.64. The van der Waals surface area contributed by atoms with E-state index in [0.29, 0.717) is 12.3 Å². The monoisotopic (exact) mass is 157 g/mol. The van der Waals surface area contributed by atoms with Gasteiger partial charge in [-0.1, -0.05) is 0 Å². The molecule has 1 aliphatic rings. The number of nitrogens with zero attached hydrogens (tertiary/aromatic N) is 1. The van der Waals surface area contributed by atoms with Crippen molar-refractivity contribution < 1.29 is 14.3 Å². The van der Waals surface area contributed by atoms with Gasteiger partial charge >= 0.3 is 5.97 Å². The van der Waals surface area contributed by atoms with E-state index >= 15 is 0 Å². The number of carbonyl (C=O) groups excluding carboxylic acids is 1. The van der Waals surface area contributed by atoms with E-state index in [1.165, 1.54) is 7.11 Å². The second kappa shape index (κ2) is 3.37. The number of carbonyl (C=O) groups is 1. The van der Waals surface area contributed by atoms with Crippen molar-refractivity contribution in [2.24, 2.45) is 4.99 Å². The maximum Gasteiger partial charge on any atom is 0.330 e. The Kier molecular flexibility index (Phi) is 2.46. The Bertz CT molecular complexity index is 188. The van der Waals surface area contributed by atoms with Crippen LogP contribution >= 0.6 is 0 Å². The Balaban J connectivity index is 2.52. The maximum atomic E-state index is 10.9. The highest BCUT2D eigenvalue weighted by Crippen LogP contribution is 2.14. The van der Waals surface area contributed by atoms with Crippen LogP contribution < -0.4 is 0 Å². The van der Waals surface area contributed by atoms with Gasteiger partial charge in [-0.15, -0.1) is 0 Å². The Labute approximate surface area is 65.2 Å². The average Bonchev–Trinajstić information content (AvgIpc) is 2.50. The van der Waals surface area contributed by atoms with Crippen molar-refractivity contribution in [1.29, 1.82) is 0 Å². The molecule has 1 unspecified atom stereocenters. The molecular weight excluding hydrogens is 146 g/mol. The lowest BCUT2D eigenvalue weighted by Crippen LogP contribution is -2.16. The molecule has 1 heterocycles. The summed E-state index contributed by atoms with van der Waals surface area (Å²) in [6.07, 6.45) is 1.44. The van der Waals surface area contributed by atoms with Crippen molar-refractivity contribution in [2.75, 3.05) is 14.2 Å². The van der Waals surface area contributed by atoms with E-state index in [1.807, 2.05) is 0 Å². The topological polar surface area (TPSA) is 47.9 Å². The molecule has 0 spiro atoms. The van der Waals surface area contributed by atoms with Crippen molar-refractivity contribution in [3.05, 3.63) is 0 Å². The molecule has 0 bridgehead atoms. The lowest BCUT2D eigenvalue weighted by molar-refractivity contribution is -0.141. The van der Waals surface area contributed by atoms with Gasteiger partial charge in [-0.25, -0.2) is 9.79 Å². The van der Waals surface area contributed by atoms with E-state index in [4.69, 9.17) is 4.74 Å². The van der Waals surface area contributed by atoms with E-state index in [2.05, 4.69) is 9.73 Å². The van der Waals surface area contributed by atoms with Crippen LogP contribution in [0.3, 0.4) is 0 Å². The first kappa shape index (κ1) is 8.04. The van der Waals surface area contributed by atoms with Crippen LogP contribution in [0.5, 0.6) is 0 Å². The average molecular weight is 157 g/mol. The van der Waals surface area contributed by atoms with Crippen LogP contribution in [0.4, 0.5) is 0 Å². The third kappa shape index (κ3) is 1.69. The van der Waals surface area contributed by atoms with E-state index in [9.17, 15) is 4.79 Å². The normalized spacial score (nSPS) is 22.7. The molecule has 0 amide bonds. The predicted octanol–water partition coefficient (Wildman–Crippen LogP) is 0.367. The van der Waals surface area contributed by atoms with Gasteiger partial charge in [-0.2, -0.15) is 0 Å². The van der Waals surface area contributed by atoms with Crippen LogP contribution in [0, 0.1) is 0 Å². The Hall–Kier alpha value is -1.06. The van der Waals surface area contributed by atoms with Gasteiger partial charge in [0.2, 0.25) is 0 Å². The molecule has 0 N–H and O–H groups in total. The van der Waals surface area contributed by atoms with Crippen LogP contribution in [0.25, 0.3) is 0 Å². The fourth-order valence-corrected chi connectivity index (χ4v) is 1.02. The summed E-state index contributed by atoms with van der Waals surface area (Å²) >= 11 is 0. The van der Waals surface area contributed by atoms with E-state index in [0.717, 1.165) is 6.42 Å². The first-order chi connectivity index (χ1) is 5.27. The number of hydrogen-bond donors (Lipinski definition) is 0. The van der Waals surface area contributed by atoms with Crippen LogP contribution in [-0.2, 0) is 14.3 Å². The summed E-state index contributed by atoms with van der Waals surface area (Å²) in [6, 6.07) is -0.338. The second-order valence-corrected chi connectivity index (χ2v) is 2.30. The van der Waals surface area contributed by atoms with Crippen molar-refractivity contribution in [3.8, 4) is 0 Å². The molecule has 1 aliphatic heterocycles. The fraction of sp³-hybridized carbons (Fsp3) is 0.714. The summed E-state index contributed by atoms with van der Waals surface area (Å²) in [5, 5.41) is 0. The minimum atomic E-state index is -0.338. The number of aliphatic imine (C=N–C) groups is 1. The third-order valence-electron chi connectivity index (χ3n) is 1.64. The quantitative estimate of drug-likeness (QED) is 0.516. The summed E-state index contributed by atoms with van der Waals surface area (Å²) in [6.45, 7) is 0. The Morgan fingerprint density at radius 1 is 1.64 bits per heavy atom. The van der Waals surface area contributed by atoms with E-state index in [1.54, 1.807) is 7.11 Å². The maximum absolute atomic E-state index is 10.9. The molecule has 0 aliphatic carbocycles. The summed E-state index contributed by atoms with van der Waals surface area (Å²) in [5.41, 5.74) is 0. The van der Waals surface area contributed by atoms with Gasteiger partial charge in [0, 0.05) is 6.42 Å². The molecular formula is C7H11NO3. The standard InChI is InChI=1S/C7H11NO3/c1-10-6-4-3-5(8-6)7(9)11-2/h5H,3-4H2,1-2H3. The number of hydrogen-bond acceptors (Lipinski definition) is 4. The summed E-state index contributed by atoms with van der Waals surface area (Å²) in [7, 11) is 2.92. The van der Waals surface area contributed by atoms with Gasteiger partial charge in [0.25, 0.3) is 0 Å². The molecule has 0 saturated heterocycles. The van der Waals surface area contributed by atoms with Crippen molar-refractivity contribution in [2.45, 2.75) is 18.9 Å². The molecule has 0 radical (unpaired) electrons. The largest absolute Gasteiger partial charge is 0.484 e. The fourth-order valence-electron chi connectivity index (χ4n) is 1.02. The molecule has 0 aromatic carbocycles. The van der Waals surface area contributed by atoms with Gasteiger partial charge < -0.3 is 9.47 Å². The van der Waals surface area contributed by atoms with E-state index < -0.39 is 0 Å². The minimum absolute atomic E-state index is 0.281. The number of methoxy groups -OCH3 is 2. The van der Waals surface area contributed by atoms with Crippen LogP contribution in [0.1, 0.15) is 12.8 Å². The molecule has 62 valence electrons. The molecule has 0 fully saturated rings. The lowest BCUT2D eigenvalue weighted by atomic mass is 10.2. The zero-order chi connectivity index (χ0) is 8.27. The summed E-state index contributed by atoms with van der Waals surface area (Å²) in [4.78, 5) is 14.9. The number of ether oxygens (including phenoxy) is 2. The molecule has 0 saturated carbocycles. The first-order valence-corrected chi connectivity index (χ1v) is 3.46. The highest BCUT2D eigenvalue weighted by molar-refractivity contribution is 5.86. The molecule has 1 atom stereocenters. The SMILES string of the molecule is COC(=O)C1CCC(OC)=N1. The van der Waals surface area contributed by atoms with Crippen LogP contribution in [0.15, 0.2) is 4.99 Å². The van der Waals surface area contributed by atoms with Gasteiger partial charge in [-0.3, -0.25) is 0 Å². The zero-order valence-corrected chi connectivity index (χ0v) is 6.66. The molecule has 4 heteroatoms. The number of esters is 1. The van der Waals surface area contributed by atoms with Gasteiger partial charge in [0.1, 0.15) is 0 Å². The summed E-state index contributed by atoms with van der Waals surface area (Å²) < 4.78 is 9.40. The minimum Gasteiger partial charge on any atom is -0.484 e. The van der Waals surface area contributed by atoms with E-state index in [-0.39, 0.29) is 12.0 Å². The highest BCUT2D eigenvalue weighted by Gasteiger charge is 2.25. The Morgan fingerprint density at radius 2 is 2.36 bits per heavy atom. The Morgan fingerprint density at radius 3 is 2.82 bits per heavy atom. The predicted molar refractivity (Wildman–Crippen MR) is 39.5 cm³/mol. The molecule has 1 rings (SSSR count). The highest BCUT2D eigenvalue weighted by atomic mass is 16.5. The van der Waals surface area contributed by atoms with Crippen LogP contribution in [-0.4, -0.2) is 32.1 Å². The van der Waals surface area contributed by atoms with Gasteiger partial charge in [0.05, 0.1) is 14.2 Å². The van der Waals surface area contributed by atoms with Crippen LogP contribution in [0.2, 0.25) is 0 Å². The van der Waals surface area contributed by atoms with Crippen molar-refractivity contribution in [1.82, 2.24) is 0 Å². The lowest BCUT2D eigenvalue weighted by Gasteiger charge is -2.00. The molecule has 4 nitrogen and oxygen atoms in total. The first-order valence-electron chi connectivity index (χ1n) is 3.46. The number of rotatable bonds is 1. The smallest absolute Gasteiger partial charge is 0.330 e. The summed E-state index contributed by atoms with van der Waals surface area (Å²) in [5.74, 6) is 0.359. The van der Waals surface area contributed by atoms with Gasteiger partial charge in [-0.05, 0) is 6.42 Å². The van der Waals surface area contributed by atoms with Crippen molar-refractivity contribution >= 4 is 11.9 Å².